The van der Waals surface area contributed by atoms with Crippen LogP contribution in [0.15, 0.2) is 183 Å². The Hall–Kier alpha value is -7.46. The molecule has 0 atom stereocenters. The van der Waals surface area contributed by atoms with Crippen LogP contribution in [-0.2, 0) is 0 Å². The average molecular weight is 797 g/mol. The number of thiophene rings is 2. The van der Waals surface area contributed by atoms with E-state index in [0.717, 1.165) is 76.6 Å². The van der Waals surface area contributed by atoms with E-state index in [2.05, 4.69) is 131 Å². The molecule has 0 aliphatic carbocycles. The predicted octanol–water partition coefficient (Wildman–Crippen LogP) is 15.5. The maximum atomic E-state index is 6.71. The topological polar surface area (TPSA) is 71.7 Å². The molecule has 0 aliphatic heterocycles. The Morgan fingerprint density at radius 1 is 0.356 bits per heavy atom. The lowest BCUT2D eigenvalue weighted by Crippen LogP contribution is -2.08. The Labute approximate surface area is 343 Å². The van der Waals surface area contributed by atoms with Crippen molar-refractivity contribution in [2.75, 3.05) is 9.80 Å². The summed E-state index contributed by atoms with van der Waals surface area (Å²) < 4.78 is 21.8. The molecule has 7 heterocycles. The molecular formula is C50H28N4O3S2. The zero-order valence-electron chi connectivity index (χ0n) is 31.0. The third kappa shape index (κ3) is 5.12. The second-order valence-corrected chi connectivity index (χ2v) is 16.8. The van der Waals surface area contributed by atoms with Crippen LogP contribution in [0.3, 0.4) is 0 Å². The van der Waals surface area contributed by atoms with Gasteiger partial charge >= 0.3 is 0 Å². The zero-order valence-corrected chi connectivity index (χ0v) is 32.6. The number of anilines is 6. The summed E-state index contributed by atoms with van der Waals surface area (Å²) in [6.07, 6.45) is 3.82. The number of para-hydroxylation sites is 2. The van der Waals surface area contributed by atoms with Crippen LogP contribution in [0.2, 0.25) is 0 Å². The minimum absolute atomic E-state index is 0.648. The van der Waals surface area contributed by atoms with Crippen molar-refractivity contribution >= 4 is 142 Å². The van der Waals surface area contributed by atoms with E-state index in [4.69, 9.17) is 23.2 Å². The molecule has 0 saturated heterocycles. The lowest BCUT2D eigenvalue weighted by atomic mass is 10.1. The number of pyridine rings is 2. The fraction of sp³-hybridized carbons (Fsp3) is 0. The van der Waals surface area contributed by atoms with Crippen LogP contribution in [0.5, 0.6) is 0 Å². The molecule has 0 fully saturated rings. The summed E-state index contributed by atoms with van der Waals surface area (Å²) >= 11 is 3.47. The van der Waals surface area contributed by atoms with Crippen molar-refractivity contribution in [2.45, 2.75) is 0 Å². The Balaban J connectivity index is 0.959. The molecule has 7 aromatic heterocycles. The van der Waals surface area contributed by atoms with Crippen LogP contribution >= 0.6 is 22.7 Å². The van der Waals surface area contributed by atoms with Crippen LogP contribution in [0.4, 0.5) is 32.8 Å². The summed E-state index contributed by atoms with van der Waals surface area (Å²) in [6, 6.07) is 54.6. The number of furan rings is 3. The van der Waals surface area contributed by atoms with Crippen LogP contribution in [0.1, 0.15) is 0 Å². The number of hydrogen-bond acceptors (Lipinski definition) is 9. The molecule has 0 N–H and O–H groups in total. The Morgan fingerprint density at radius 3 is 1.25 bits per heavy atom. The van der Waals surface area contributed by atoms with Crippen molar-refractivity contribution in [3.63, 3.8) is 0 Å². The van der Waals surface area contributed by atoms with E-state index in [-0.39, 0.29) is 0 Å². The van der Waals surface area contributed by atoms with Gasteiger partial charge in [-0.05, 0) is 71.4 Å². The van der Waals surface area contributed by atoms with E-state index in [1.807, 2.05) is 48.8 Å². The maximum absolute atomic E-state index is 6.71. The molecule has 0 spiro atoms. The van der Waals surface area contributed by atoms with E-state index in [9.17, 15) is 0 Å². The average Bonchev–Trinajstić information content (AvgIpc) is 4.10. The summed E-state index contributed by atoms with van der Waals surface area (Å²) in [7, 11) is 0. The lowest BCUT2D eigenvalue weighted by Gasteiger charge is -2.23. The molecule has 6 aromatic carbocycles. The number of nitrogens with zero attached hydrogens (tertiary/aromatic N) is 4. The van der Waals surface area contributed by atoms with Gasteiger partial charge in [0.15, 0.2) is 11.2 Å². The smallest absolute Gasteiger partial charge is 0.157 e. The summed E-state index contributed by atoms with van der Waals surface area (Å²) in [5, 5.41) is 8.82. The number of rotatable bonds is 6. The van der Waals surface area contributed by atoms with Crippen molar-refractivity contribution in [1.29, 1.82) is 0 Å². The Kier molecular flexibility index (Phi) is 6.92. The number of fused-ring (bicyclic) bond motifs is 11. The minimum atomic E-state index is 0.648. The Morgan fingerprint density at radius 2 is 0.763 bits per heavy atom. The lowest BCUT2D eigenvalue weighted by molar-refractivity contribution is 0.667. The fourth-order valence-corrected chi connectivity index (χ4v) is 10.6. The molecule has 0 saturated carbocycles. The highest BCUT2D eigenvalue weighted by Gasteiger charge is 2.23. The monoisotopic (exact) mass is 796 g/mol. The molecule has 0 amide bonds. The van der Waals surface area contributed by atoms with Gasteiger partial charge < -0.3 is 23.1 Å². The van der Waals surface area contributed by atoms with E-state index in [0.29, 0.717) is 22.2 Å². The first-order chi connectivity index (χ1) is 29.2. The number of hydrogen-bond donors (Lipinski definition) is 0. The summed E-state index contributed by atoms with van der Waals surface area (Å²) in [5.41, 5.74) is 9.74. The highest BCUT2D eigenvalue weighted by molar-refractivity contribution is 7.23. The molecule has 278 valence electrons. The van der Waals surface area contributed by atoms with Gasteiger partial charge in [0.05, 0.1) is 35.1 Å². The van der Waals surface area contributed by atoms with Crippen LogP contribution in [-0.4, -0.2) is 9.97 Å². The third-order valence-corrected chi connectivity index (χ3v) is 13.3. The van der Waals surface area contributed by atoms with Gasteiger partial charge in [-0.3, -0.25) is 0 Å². The van der Waals surface area contributed by atoms with Crippen molar-refractivity contribution in [1.82, 2.24) is 9.97 Å². The molecule has 0 bridgehead atoms. The first-order valence-electron chi connectivity index (χ1n) is 19.3. The normalized spacial score (nSPS) is 12.1. The molecule has 0 unspecified atom stereocenters. The largest absolute Gasteiger partial charge is 0.456 e. The van der Waals surface area contributed by atoms with Gasteiger partial charge in [-0.15, -0.1) is 22.7 Å². The summed E-state index contributed by atoms with van der Waals surface area (Å²) in [6.45, 7) is 0. The van der Waals surface area contributed by atoms with E-state index in [1.54, 1.807) is 22.7 Å². The van der Waals surface area contributed by atoms with Gasteiger partial charge in [0, 0.05) is 55.2 Å². The summed E-state index contributed by atoms with van der Waals surface area (Å²) in [4.78, 5) is 14.5. The first-order valence-corrected chi connectivity index (χ1v) is 20.9. The van der Waals surface area contributed by atoms with Crippen molar-refractivity contribution in [2.24, 2.45) is 0 Å². The SMILES string of the molecule is c1ccc2sc(N(c3ccc4c(c3)oc3ccccc34)c3cnc4c(c3)oc3cc(N(c5ccc6c(c5)oc5ccccc56)c5cc6ccccc6s5)cnc34)cc2c1. The molecule has 59 heavy (non-hydrogen) atoms. The predicted molar refractivity (Wildman–Crippen MR) is 244 cm³/mol. The second kappa shape index (κ2) is 12.5. The molecule has 13 rings (SSSR count). The standard InChI is InChI=1S/C50H28N4O3S2/c1-7-15-45-29(9-1)21-47(58-45)53(31-17-19-37-35-11-3-5-13-39(35)55-41(37)23-31)33-25-43-49(51-27-33)50-44(57-43)26-34(28-52-50)54(48-22-30-10-2-8-16-46(30)59-48)32-18-20-38-36-12-4-6-14-40(36)56-42(38)24-32/h1-28H. The summed E-state index contributed by atoms with van der Waals surface area (Å²) in [5.74, 6) is 0. The van der Waals surface area contributed by atoms with E-state index >= 15 is 0 Å². The molecular weight excluding hydrogens is 769 g/mol. The van der Waals surface area contributed by atoms with Crippen LogP contribution < -0.4 is 9.80 Å². The van der Waals surface area contributed by atoms with Crippen LogP contribution in [0.25, 0.3) is 86.2 Å². The van der Waals surface area contributed by atoms with Gasteiger partial charge in [0.1, 0.15) is 43.4 Å². The van der Waals surface area contributed by atoms with E-state index in [1.165, 1.54) is 20.2 Å². The van der Waals surface area contributed by atoms with Gasteiger partial charge in [-0.25, -0.2) is 9.97 Å². The van der Waals surface area contributed by atoms with Gasteiger partial charge in [0.25, 0.3) is 0 Å². The second-order valence-electron chi connectivity index (χ2n) is 14.7. The highest BCUT2D eigenvalue weighted by Crippen LogP contribution is 2.46. The maximum Gasteiger partial charge on any atom is 0.157 e. The van der Waals surface area contributed by atoms with Crippen molar-refractivity contribution in [3.05, 3.63) is 170 Å². The van der Waals surface area contributed by atoms with Crippen LogP contribution in [0, 0.1) is 0 Å². The molecule has 0 radical (unpaired) electrons. The minimum Gasteiger partial charge on any atom is -0.456 e. The van der Waals surface area contributed by atoms with Crippen molar-refractivity contribution < 1.29 is 13.3 Å². The first kappa shape index (κ1) is 32.6. The highest BCUT2D eigenvalue weighted by atomic mass is 32.1. The molecule has 13 aromatic rings. The number of aromatic nitrogens is 2. The Bertz CT molecular complexity index is 3480. The molecule has 0 aliphatic rings. The molecule has 7 nitrogen and oxygen atoms in total. The molecule has 9 heteroatoms. The van der Waals surface area contributed by atoms with Gasteiger partial charge in [0.2, 0.25) is 0 Å². The zero-order chi connectivity index (χ0) is 38.6. The number of benzene rings is 6. The van der Waals surface area contributed by atoms with Crippen molar-refractivity contribution in [3.8, 4) is 0 Å². The van der Waals surface area contributed by atoms with Gasteiger partial charge in [-0.2, -0.15) is 0 Å². The fourth-order valence-electron chi connectivity index (χ4n) is 8.41. The quantitative estimate of drug-likeness (QED) is 0.166. The van der Waals surface area contributed by atoms with E-state index < -0.39 is 0 Å². The van der Waals surface area contributed by atoms with Gasteiger partial charge in [-0.1, -0.05) is 72.8 Å². The third-order valence-electron chi connectivity index (χ3n) is 11.1.